The van der Waals surface area contributed by atoms with Crippen LogP contribution in [0.2, 0.25) is 0 Å². The van der Waals surface area contributed by atoms with Crippen molar-refractivity contribution in [2.45, 2.75) is 52.6 Å². The lowest BCUT2D eigenvalue weighted by molar-refractivity contribution is 0.0928. The molecule has 2 atom stereocenters. The maximum atomic E-state index is 5.33. The quantitative estimate of drug-likeness (QED) is 0.522. The molecule has 0 aromatic rings. The van der Waals surface area contributed by atoms with Gasteiger partial charge in [-0.1, -0.05) is 6.92 Å². The van der Waals surface area contributed by atoms with Crippen LogP contribution in [0.4, 0.5) is 0 Å². The van der Waals surface area contributed by atoms with E-state index in [1.807, 2.05) is 6.92 Å². The number of hydrogen-bond acceptors (Lipinski definition) is 4. The normalized spacial score (nSPS) is 14.8. The summed E-state index contributed by atoms with van der Waals surface area (Å²) in [5, 5.41) is 3.52. The van der Waals surface area contributed by atoms with E-state index in [0.29, 0.717) is 12.1 Å². The third-order valence-corrected chi connectivity index (χ3v) is 3.56. The smallest absolute Gasteiger partial charge is 0.0589 e. The first-order valence-electron chi connectivity index (χ1n) is 7.70. The number of methoxy groups -OCH3 is 1. The fraction of sp³-hybridized carbons (Fsp3) is 1.00. The highest BCUT2D eigenvalue weighted by atomic mass is 16.5. The van der Waals surface area contributed by atoms with Gasteiger partial charge in [-0.25, -0.2) is 0 Å². The Morgan fingerprint density at radius 2 is 1.84 bits per heavy atom. The summed E-state index contributed by atoms with van der Waals surface area (Å²) in [5.41, 5.74) is 0. The molecular formula is C15H34N2O2. The molecule has 0 aromatic carbocycles. The van der Waals surface area contributed by atoms with Crippen LogP contribution in [0.3, 0.4) is 0 Å². The molecule has 19 heavy (non-hydrogen) atoms. The molecule has 0 rings (SSSR count). The van der Waals surface area contributed by atoms with Crippen molar-refractivity contribution >= 4 is 0 Å². The number of ether oxygens (including phenoxy) is 2. The van der Waals surface area contributed by atoms with Crippen LogP contribution < -0.4 is 5.32 Å². The Hall–Kier alpha value is -0.160. The fourth-order valence-corrected chi connectivity index (χ4v) is 2.18. The lowest BCUT2D eigenvalue weighted by Gasteiger charge is -2.34. The van der Waals surface area contributed by atoms with Gasteiger partial charge in [0, 0.05) is 45.5 Å². The number of rotatable bonds is 13. The van der Waals surface area contributed by atoms with Crippen molar-refractivity contribution in [3.8, 4) is 0 Å². The summed E-state index contributed by atoms with van der Waals surface area (Å²) >= 11 is 0. The molecule has 0 aliphatic carbocycles. The fourth-order valence-electron chi connectivity index (χ4n) is 2.18. The maximum Gasteiger partial charge on any atom is 0.0589 e. The molecule has 2 unspecified atom stereocenters. The molecule has 0 heterocycles. The summed E-state index contributed by atoms with van der Waals surface area (Å²) in [4.78, 5) is 2.53. The molecule has 0 aliphatic rings. The van der Waals surface area contributed by atoms with Gasteiger partial charge in [0.15, 0.2) is 0 Å². The van der Waals surface area contributed by atoms with E-state index in [0.717, 1.165) is 45.9 Å². The van der Waals surface area contributed by atoms with Gasteiger partial charge in [-0.3, -0.25) is 4.90 Å². The second-order valence-electron chi connectivity index (χ2n) is 5.09. The number of hydrogen-bond donors (Lipinski definition) is 1. The van der Waals surface area contributed by atoms with Crippen molar-refractivity contribution < 1.29 is 9.47 Å². The van der Waals surface area contributed by atoms with E-state index in [1.165, 1.54) is 6.42 Å². The molecule has 0 aliphatic heterocycles. The average Bonchev–Trinajstić information content (AvgIpc) is 2.42. The van der Waals surface area contributed by atoms with Crippen molar-refractivity contribution in [3.63, 3.8) is 0 Å². The molecule has 0 amide bonds. The largest absolute Gasteiger partial charge is 0.383 e. The van der Waals surface area contributed by atoms with Crippen molar-refractivity contribution in [2.75, 3.05) is 46.6 Å². The van der Waals surface area contributed by atoms with E-state index in [2.05, 4.69) is 31.0 Å². The van der Waals surface area contributed by atoms with Crippen molar-refractivity contribution in [1.82, 2.24) is 10.2 Å². The highest BCUT2D eigenvalue weighted by molar-refractivity contribution is 4.74. The zero-order valence-corrected chi connectivity index (χ0v) is 13.6. The Balaban J connectivity index is 3.86. The van der Waals surface area contributed by atoms with Gasteiger partial charge in [0.25, 0.3) is 0 Å². The summed E-state index contributed by atoms with van der Waals surface area (Å²) in [6.07, 6.45) is 2.26. The lowest BCUT2D eigenvalue weighted by atomic mass is 10.1. The van der Waals surface area contributed by atoms with Gasteiger partial charge in [0.05, 0.1) is 6.61 Å². The van der Waals surface area contributed by atoms with Crippen LogP contribution in [0, 0.1) is 0 Å². The van der Waals surface area contributed by atoms with Gasteiger partial charge in [-0.05, 0) is 40.2 Å². The Morgan fingerprint density at radius 1 is 1.11 bits per heavy atom. The minimum atomic E-state index is 0.539. The first-order valence-corrected chi connectivity index (χ1v) is 7.70. The number of nitrogens with one attached hydrogen (secondary N) is 1. The topological polar surface area (TPSA) is 33.7 Å². The molecule has 0 radical (unpaired) electrons. The first kappa shape index (κ1) is 18.8. The summed E-state index contributed by atoms with van der Waals surface area (Å²) in [6.45, 7) is 14.4. The molecule has 4 nitrogen and oxygen atoms in total. The van der Waals surface area contributed by atoms with E-state index in [-0.39, 0.29) is 0 Å². The molecular weight excluding hydrogens is 240 g/mol. The second-order valence-corrected chi connectivity index (χ2v) is 5.09. The van der Waals surface area contributed by atoms with Gasteiger partial charge in [0.2, 0.25) is 0 Å². The zero-order chi connectivity index (χ0) is 14.5. The minimum Gasteiger partial charge on any atom is -0.383 e. The van der Waals surface area contributed by atoms with Crippen molar-refractivity contribution in [3.05, 3.63) is 0 Å². The van der Waals surface area contributed by atoms with Crippen LogP contribution in [0.1, 0.15) is 40.5 Å². The predicted molar refractivity (Wildman–Crippen MR) is 81.8 cm³/mol. The summed E-state index contributed by atoms with van der Waals surface area (Å²) < 4.78 is 10.5. The van der Waals surface area contributed by atoms with Gasteiger partial charge in [0.1, 0.15) is 0 Å². The average molecular weight is 274 g/mol. The van der Waals surface area contributed by atoms with E-state index in [9.17, 15) is 0 Å². The SMILES string of the molecule is CCOCCCNCC(C)N(CCOC)C(C)CC. The van der Waals surface area contributed by atoms with E-state index in [4.69, 9.17) is 9.47 Å². The van der Waals surface area contributed by atoms with E-state index < -0.39 is 0 Å². The molecule has 0 fully saturated rings. The van der Waals surface area contributed by atoms with Gasteiger partial charge >= 0.3 is 0 Å². The molecule has 0 saturated carbocycles. The van der Waals surface area contributed by atoms with Crippen LogP contribution in [0.25, 0.3) is 0 Å². The Bertz CT molecular complexity index is 191. The molecule has 0 saturated heterocycles. The molecule has 0 aromatic heterocycles. The Kier molecular flexibility index (Phi) is 12.7. The molecule has 4 heteroatoms. The zero-order valence-electron chi connectivity index (χ0n) is 13.6. The van der Waals surface area contributed by atoms with Crippen LogP contribution in [0.5, 0.6) is 0 Å². The van der Waals surface area contributed by atoms with Crippen LogP contribution in [-0.2, 0) is 9.47 Å². The van der Waals surface area contributed by atoms with Crippen molar-refractivity contribution in [1.29, 1.82) is 0 Å². The van der Waals surface area contributed by atoms with Crippen molar-refractivity contribution in [2.24, 2.45) is 0 Å². The molecule has 116 valence electrons. The Labute approximate surface area is 119 Å². The predicted octanol–water partition coefficient (Wildman–Crippen LogP) is 2.14. The summed E-state index contributed by atoms with van der Waals surface area (Å²) in [5.74, 6) is 0. The maximum absolute atomic E-state index is 5.33. The standard InChI is InChI=1S/C15H34N2O2/c1-6-14(3)17(10-12-18-5)15(4)13-16-9-8-11-19-7-2/h14-16H,6-13H2,1-5H3. The van der Waals surface area contributed by atoms with E-state index in [1.54, 1.807) is 7.11 Å². The second kappa shape index (κ2) is 12.9. The lowest BCUT2D eigenvalue weighted by Crippen LogP contribution is -2.46. The summed E-state index contributed by atoms with van der Waals surface area (Å²) in [6, 6.07) is 1.15. The van der Waals surface area contributed by atoms with Crippen LogP contribution >= 0.6 is 0 Å². The van der Waals surface area contributed by atoms with Gasteiger partial charge in [-0.15, -0.1) is 0 Å². The third kappa shape index (κ3) is 9.38. The molecule has 1 N–H and O–H groups in total. The monoisotopic (exact) mass is 274 g/mol. The third-order valence-electron chi connectivity index (χ3n) is 3.56. The van der Waals surface area contributed by atoms with Crippen LogP contribution in [-0.4, -0.2) is 63.5 Å². The van der Waals surface area contributed by atoms with E-state index >= 15 is 0 Å². The van der Waals surface area contributed by atoms with Gasteiger partial charge in [-0.2, -0.15) is 0 Å². The van der Waals surface area contributed by atoms with Crippen LogP contribution in [0.15, 0.2) is 0 Å². The molecule has 0 bridgehead atoms. The summed E-state index contributed by atoms with van der Waals surface area (Å²) in [7, 11) is 1.77. The van der Waals surface area contributed by atoms with Gasteiger partial charge < -0.3 is 14.8 Å². The first-order chi connectivity index (χ1) is 9.17. The Morgan fingerprint density at radius 3 is 2.42 bits per heavy atom. The highest BCUT2D eigenvalue weighted by Crippen LogP contribution is 2.08. The molecule has 0 spiro atoms. The number of nitrogens with zero attached hydrogens (tertiary/aromatic N) is 1. The minimum absolute atomic E-state index is 0.539. The highest BCUT2D eigenvalue weighted by Gasteiger charge is 2.18.